The number of carbonyl (C=O) groups excluding carboxylic acids is 2. The minimum atomic E-state index is -3.93. The average Bonchev–Trinajstić information content (AvgIpc) is 2.93. The Morgan fingerprint density at radius 1 is 1.12 bits per heavy atom. The second-order valence-electron chi connectivity index (χ2n) is 5.27. The lowest BCUT2D eigenvalue weighted by Gasteiger charge is -2.13. The van der Waals surface area contributed by atoms with Gasteiger partial charge < -0.3 is 0 Å². The first-order valence-electron chi connectivity index (χ1n) is 7.28. The number of anilines is 1. The van der Waals surface area contributed by atoms with Crippen LogP contribution in [0.15, 0.2) is 41.7 Å². The molecule has 0 spiro atoms. The minimum absolute atomic E-state index is 0.0756. The van der Waals surface area contributed by atoms with Crippen LogP contribution >= 0.6 is 0 Å². The van der Waals surface area contributed by atoms with Gasteiger partial charge in [-0.25, -0.2) is 27.4 Å². The molecule has 0 unspecified atom stereocenters. The van der Waals surface area contributed by atoms with Crippen molar-refractivity contribution in [3.8, 4) is 0 Å². The summed E-state index contributed by atoms with van der Waals surface area (Å²) in [6.45, 7) is -0.248. The van der Waals surface area contributed by atoms with Crippen LogP contribution in [0, 0.1) is 5.82 Å². The molecule has 1 aliphatic heterocycles. The lowest BCUT2D eigenvalue weighted by Crippen LogP contribution is -2.29. The predicted molar refractivity (Wildman–Crippen MR) is 84.2 cm³/mol. The molecule has 2 aromatic rings. The molecule has 25 heavy (non-hydrogen) atoms. The third kappa shape index (κ3) is 3.54. The van der Waals surface area contributed by atoms with Crippen LogP contribution in [0.1, 0.15) is 18.4 Å². The summed E-state index contributed by atoms with van der Waals surface area (Å²) in [6.07, 6.45) is 3.61. The molecule has 2 amide bonds. The fourth-order valence-electron chi connectivity index (χ4n) is 2.30. The zero-order valence-corrected chi connectivity index (χ0v) is 13.7. The van der Waals surface area contributed by atoms with E-state index in [1.54, 1.807) is 0 Å². The van der Waals surface area contributed by atoms with Gasteiger partial charge in [0.2, 0.25) is 21.8 Å². The van der Waals surface area contributed by atoms with Crippen molar-refractivity contribution < 1.29 is 22.4 Å². The van der Waals surface area contributed by atoms with Crippen LogP contribution in [-0.4, -0.2) is 30.2 Å². The van der Waals surface area contributed by atoms with Gasteiger partial charge in [0.15, 0.2) is 0 Å². The Balaban J connectivity index is 1.76. The third-order valence-electron chi connectivity index (χ3n) is 3.62. The number of pyridine rings is 2. The van der Waals surface area contributed by atoms with Gasteiger partial charge >= 0.3 is 0 Å². The molecule has 1 fully saturated rings. The van der Waals surface area contributed by atoms with Crippen molar-refractivity contribution in [3.63, 3.8) is 0 Å². The zero-order chi connectivity index (χ0) is 18.0. The Kier molecular flexibility index (Phi) is 4.55. The summed E-state index contributed by atoms with van der Waals surface area (Å²) < 4.78 is 40.2. The number of sulfonamides is 1. The van der Waals surface area contributed by atoms with Crippen molar-refractivity contribution in [2.75, 3.05) is 4.90 Å². The van der Waals surface area contributed by atoms with Crippen LogP contribution < -0.4 is 9.62 Å². The highest BCUT2D eigenvalue weighted by Gasteiger charge is 2.31. The number of rotatable bonds is 5. The summed E-state index contributed by atoms with van der Waals surface area (Å²) in [4.78, 5) is 31.5. The average molecular weight is 364 g/mol. The normalized spacial score (nSPS) is 15.0. The summed E-state index contributed by atoms with van der Waals surface area (Å²) in [6, 6.07) is 3.87. The van der Waals surface area contributed by atoms with E-state index in [0.29, 0.717) is 0 Å². The molecule has 0 aromatic carbocycles. The second-order valence-corrected chi connectivity index (χ2v) is 7.03. The molecule has 0 bridgehead atoms. The van der Waals surface area contributed by atoms with E-state index in [2.05, 4.69) is 14.7 Å². The van der Waals surface area contributed by atoms with Gasteiger partial charge in [0.05, 0.1) is 6.20 Å². The molecule has 0 radical (unpaired) electrons. The highest BCUT2D eigenvalue weighted by atomic mass is 32.2. The minimum Gasteiger partial charge on any atom is -0.274 e. The van der Waals surface area contributed by atoms with Crippen LogP contribution in [0.5, 0.6) is 0 Å². The van der Waals surface area contributed by atoms with Gasteiger partial charge in [-0.15, -0.1) is 0 Å². The van der Waals surface area contributed by atoms with Crippen LogP contribution in [0.3, 0.4) is 0 Å². The van der Waals surface area contributed by atoms with Gasteiger partial charge in [-0.05, 0) is 18.2 Å². The molecule has 0 aliphatic carbocycles. The number of nitrogens with one attached hydrogen (secondary N) is 1. The number of imide groups is 1. The molecule has 0 saturated carbocycles. The molecule has 1 saturated heterocycles. The Labute approximate surface area is 142 Å². The maximum Gasteiger partial charge on any atom is 0.242 e. The summed E-state index contributed by atoms with van der Waals surface area (Å²) >= 11 is 0. The Morgan fingerprint density at radius 3 is 2.44 bits per heavy atom. The first kappa shape index (κ1) is 17.1. The SMILES string of the molecule is O=C1CCC(=O)N1c1ccc(S(=O)(=O)NCc2ccncc2F)cn1. The van der Waals surface area contributed by atoms with Crippen molar-refractivity contribution in [2.24, 2.45) is 0 Å². The van der Waals surface area contributed by atoms with Gasteiger partial charge in [-0.1, -0.05) is 0 Å². The van der Waals surface area contributed by atoms with E-state index in [-0.39, 0.29) is 47.5 Å². The fourth-order valence-corrected chi connectivity index (χ4v) is 3.25. The predicted octanol–water partition coefficient (Wildman–Crippen LogP) is 0.748. The zero-order valence-electron chi connectivity index (χ0n) is 12.8. The van der Waals surface area contributed by atoms with E-state index in [1.165, 1.54) is 24.4 Å². The van der Waals surface area contributed by atoms with Crippen molar-refractivity contribution in [3.05, 3.63) is 48.2 Å². The Bertz CT molecular complexity index is 915. The van der Waals surface area contributed by atoms with Crippen molar-refractivity contribution in [1.29, 1.82) is 0 Å². The van der Waals surface area contributed by atoms with E-state index < -0.39 is 15.8 Å². The number of hydrogen-bond acceptors (Lipinski definition) is 6. The monoisotopic (exact) mass is 364 g/mol. The largest absolute Gasteiger partial charge is 0.274 e. The highest BCUT2D eigenvalue weighted by Crippen LogP contribution is 2.21. The van der Waals surface area contributed by atoms with Crippen LogP contribution in [0.25, 0.3) is 0 Å². The molecule has 3 rings (SSSR count). The molecule has 1 aliphatic rings. The van der Waals surface area contributed by atoms with Gasteiger partial charge in [0.25, 0.3) is 0 Å². The Hall–Kier alpha value is -2.72. The molecule has 0 atom stereocenters. The fraction of sp³-hybridized carbons (Fsp3) is 0.200. The molecule has 8 nitrogen and oxygen atoms in total. The maximum atomic E-state index is 13.5. The summed E-state index contributed by atoms with van der Waals surface area (Å²) in [5, 5.41) is 0. The number of nitrogens with zero attached hydrogens (tertiary/aromatic N) is 3. The van der Waals surface area contributed by atoms with Crippen LogP contribution in [-0.2, 0) is 26.2 Å². The second kappa shape index (κ2) is 6.65. The van der Waals surface area contributed by atoms with Crippen LogP contribution in [0.2, 0.25) is 0 Å². The molecule has 1 N–H and O–H groups in total. The molecule has 130 valence electrons. The van der Waals surface area contributed by atoms with E-state index in [4.69, 9.17) is 0 Å². The summed E-state index contributed by atoms with van der Waals surface area (Å²) in [5.41, 5.74) is 0.149. The smallest absolute Gasteiger partial charge is 0.242 e. The number of amides is 2. The highest BCUT2D eigenvalue weighted by molar-refractivity contribution is 7.89. The quantitative estimate of drug-likeness (QED) is 0.784. The van der Waals surface area contributed by atoms with E-state index in [0.717, 1.165) is 17.3 Å². The number of halogens is 1. The Morgan fingerprint density at radius 2 is 1.84 bits per heavy atom. The number of aromatic nitrogens is 2. The maximum absolute atomic E-state index is 13.5. The number of hydrogen-bond donors (Lipinski definition) is 1. The van der Waals surface area contributed by atoms with Gasteiger partial charge in [-0.2, -0.15) is 0 Å². The van der Waals surface area contributed by atoms with E-state index >= 15 is 0 Å². The van der Waals surface area contributed by atoms with Gasteiger partial charge in [0, 0.05) is 37.3 Å². The van der Waals surface area contributed by atoms with Crippen molar-refractivity contribution in [1.82, 2.24) is 14.7 Å². The molecule has 2 aromatic heterocycles. The van der Waals surface area contributed by atoms with Crippen LogP contribution in [0.4, 0.5) is 10.2 Å². The van der Waals surface area contributed by atoms with E-state index in [1.807, 2.05) is 0 Å². The van der Waals surface area contributed by atoms with Gasteiger partial charge in [-0.3, -0.25) is 14.6 Å². The van der Waals surface area contributed by atoms with Gasteiger partial charge in [0.1, 0.15) is 16.5 Å². The van der Waals surface area contributed by atoms with E-state index in [9.17, 15) is 22.4 Å². The van der Waals surface area contributed by atoms with Crippen molar-refractivity contribution >= 4 is 27.7 Å². The molecule has 10 heteroatoms. The number of carbonyl (C=O) groups is 2. The summed E-state index contributed by atoms with van der Waals surface area (Å²) in [7, 11) is -3.93. The molecule has 3 heterocycles. The first-order chi connectivity index (χ1) is 11.9. The topological polar surface area (TPSA) is 109 Å². The first-order valence-corrected chi connectivity index (χ1v) is 8.77. The lowest BCUT2D eigenvalue weighted by molar-refractivity contribution is -0.121. The standard InChI is InChI=1S/C15H13FN4O4S/c16-12-9-17-6-5-10(12)7-19-25(23,24)11-1-2-13(18-8-11)20-14(21)3-4-15(20)22/h1-2,5-6,8-9,19H,3-4,7H2. The summed E-state index contributed by atoms with van der Waals surface area (Å²) in [5.74, 6) is -1.30. The third-order valence-corrected chi connectivity index (χ3v) is 5.01. The molecular formula is C15H13FN4O4S. The van der Waals surface area contributed by atoms with Crippen molar-refractivity contribution in [2.45, 2.75) is 24.3 Å². The molecular weight excluding hydrogens is 351 g/mol. The lowest BCUT2D eigenvalue weighted by atomic mass is 10.3.